The fourth-order valence-corrected chi connectivity index (χ4v) is 3.90. The fraction of sp³-hybridized carbons (Fsp3) is 0.360. The first-order valence-electron chi connectivity index (χ1n) is 10.7. The molecule has 2 heterocycles. The quantitative estimate of drug-likeness (QED) is 0.660. The van der Waals surface area contributed by atoms with Gasteiger partial charge in [0.05, 0.1) is 0 Å². The van der Waals surface area contributed by atoms with Crippen molar-refractivity contribution in [3.05, 3.63) is 65.7 Å². The molecule has 4 rings (SSSR count). The predicted octanol–water partition coefficient (Wildman–Crippen LogP) is 4.47. The van der Waals surface area contributed by atoms with E-state index in [2.05, 4.69) is 29.3 Å². The summed E-state index contributed by atoms with van der Waals surface area (Å²) in [6.45, 7) is 6.87. The molecule has 0 aliphatic carbocycles. The molecule has 1 atom stereocenters. The number of benzene rings is 2. The lowest BCUT2D eigenvalue weighted by molar-refractivity contribution is -0.123. The van der Waals surface area contributed by atoms with Crippen LogP contribution in [-0.4, -0.2) is 30.6 Å². The van der Waals surface area contributed by atoms with Crippen LogP contribution < -0.4 is 15.0 Å². The molecule has 1 saturated heterocycles. The number of amides is 1. The van der Waals surface area contributed by atoms with Crippen molar-refractivity contribution in [2.75, 3.05) is 24.6 Å². The zero-order chi connectivity index (χ0) is 20.9. The van der Waals surface area contributed by atoms with Crippen LogP contribution in [0.5, 0.6) is 5.75 Å². The Kier molecular flexibility index (Phi) is 6.17. The number of hydrogen-bond acceptors (Lipinski definition) is 4. The Morgan fingerprint density at radius 1 is 1.17 bits per heavy atom. The molecule has 30 heavy (non-hydrogen) atoms. The van der Waals surface area contributed by atoms with Gasteiger partial charge in [0.1, 0.15) is 17.1 Å². The molecule has 3 aromatic rings. The molecule has 5 nitrogen and oxygen atoms in total. The second kappa shape index (κ2) is 9.16. The zero-order valence-electron chi connectivity index (χ0n) is 17.7. The Morgan fingerprint density at radius 2 is 2.00 bits per heavy atom. The summed E-state index contributed by atoms with van der Waals surface area (Å²) < 4.78 is 5.86. The standard InChI is InChI=1S/C25H29N3O2/c1-18-8-10-20(11-9-18)15-26-24(29)17-30-22-7-3-6-21-12-13-23(27-25(21)22)28-14-4-5-19(2)16-28/h3,6-13,19H,4-5,14-17H2,1-2H3,(H,26,29)/t19-/m1/s1. The maximum absolute atomic E-state index is 12.3. The van der Waals surface area contributed by atoms with E-state index in [0.29, 0.717) is 18.2 Å². The summed E-state index contributed by atoms with van der Waals surface area (Å²) in [6.07, 6.45) is 2.47. The molecule has 2 aromatic carbocycles. The molecular formula is C25H29N3O2. The van der Waals surface area contributed by atoms with E-state index in [-0.39, 0.29) is 12.5 Å². The van der Waals surface area contributed by atoms with Gasteiger partial charge in [-0.25, -0.2) is 4.98 Å². The van der Waals surface area contributed by atoms with Crippen LogP contribution in [0, 0.1) is 12.8 Å². The first-order valence-corrected chi connectivity index (χ1v) is 10.7. The summed E-state index contributed by atoms with van der Waals surface area (Å²) in [7, 11) is 0. The van der Waals surface area contributed by atoms with Crippen molar-refractivity contribution in [2.24, 2.45) is 5.92 Å². The number of carbonyl (C=O) groups excluding carboxylic acids is 1. The highest BCUT2D eigenvalue weighted by Crippen LogP contribution is 2.28. The average molecular weight is 404 g/mol. The Balaban J connectivity index is 1.42. The van der Waals surface area contributed by atoms with Gasteiger partial charge in [0.2, 0.25) is 0 Å². The molecule has 156 valence electrons. The van der Waals surface area contributed by atoms with Gasteiger partial charge in [-0.05, 0) is 49.4 Å². The van der Waals surface area contributed by atoms with E-state index in [0.717, 1.165) is 35.4 Å². The molecule has 1 N–H and O–H groups in total. The van der Waals surface area contributed by atoms with Crippen molar-refractivity contribution in [2.45, 2.75) is 33.2 Å². The summed E-state index contributed by atoms with van der Waals surface area (Å²) in [5.74, 6) is 2.16. The number of ether oxygens (including phenoxy) is 1. The molecule has 0 saturated carbocycles. The van der Waals surface area contributed by atoms with E-state index in [9.17, 15) is 4.79 Å². The number of para-hydroxylation sites is 1. The highest BCUT2D eigenvalue weighted by molar-refractivity contribution is 5.86. The van der Waals surface area contributed by atoms with Gasteiger partial charge in [-0.1, -0.05) is 48.9 Å². The van der Waals surface area contributed by atoms with Crippen LogP contribution in [0.4, 0.5) is 5.82 Å². The van der Waals surface area contributed by atoms with Crippen molar-refractivity contribution in [1.29, 1.82) is 0 Å². The number of carbonyl (C=O) groups is 1. The third kappa shape index (κ3) is 4.90. The van der Waals surface area contributed by atoms with Crippen LogP contribution in [0.3, 0.4) is 0 Å². The Hall–Kier alpha value is -3.08. The van der Waals surface area contributed by atoms with Gasteiger partial charge in [0.25, 0.3) is 5.91 Å². The summed E-state index contributed by atoms with van der Waals surface area (Å²) >= 11 is 0. The minimum Gasteiger partial charge on any atom is -0.481 e. The maximum atomic E-state index is 12.3. The summed E-state index contributed by atoms with van der Waals surface area (Å²) in [5.41, 5.74) is 3.08. The number of nitrogens with one attached hydrogen (secondary N) is 1. The fourth-order valence-electron chi connectivity index (χ4n) is 3.90. The number of nitrogens with zero attached hydrogens (tertiary/aromatic N) is 2. The lowest BCUT2D eigenvalue weighted by Crippen LogP contribution is -2.34. The molecule has 1 amide bonds. The number of anilines is 1. The third-order valence-electron chi connectivity index (χ3n) is 5.62. The number of aryl methyl sites for hydroxylation is 1. The van der Waals surface area contributed by atoms with Crippen molar-refractivity contribution >= 4 is 22.6 Å². The van der Waals surface area contributed by atoms with E-state index in [1.165, 1.54) is 18.4 Å². The zero-order valence-corrected chi connectivity index (χ0v) is 17.7. The van der Waals surface area contributed by atoms with Crippen LogP contribution in [0.25, 0.3) is 10.9 Å². The first-order chi connectivity index (χ1) is 14.6. The molecule has 0 spiro atoms. The van der Waals surface area contributed by atoms with Gasteiger partial charge in [0, 0.05) is 25.0 Å². The lowest BCUT2D eigenvalue weighted by atomic mass is 10.0. The molecule has 1 fully saturated rings. The van der Waals surface area contributed by atoms with Crippen molar-refractivity contribution < 1.29 is 9.53 Å². The lowest BCUT2D eigenvalue weighted by Gasteiger charge is -2.32. The molecule has 0 bridgehead atoms. The number of hydrogen-bond donors (Lipinski definition) is 1. The van der Waals surface area contributed by atoms with E-state index in [1.807, 2.05) is 49.4 Å². The highest BCUT2D eigenvalue weighted by Gasteiger charge is 2.18. The minimum atomic E-state index is -0.145. The summed E-state index contributed by atoms with van der Waals surface area (Å²) in [5, 5.41) is 3.93. The van der Waals surface area contributed by atoms with Gasteiger partial charge >= 0.3 is 0 Å². The summed E-state index contributed by atoms with van der Waals surface area (Å²) in [4.78, 5) is 19.5. The number of aromatic nitrogens is 1. The number of fused-ring (bicyclic) bond motifs is 1. The normalized spacial score (nSPS) is 16.5. The second-order valence-electron chi connectivity index (χ2n) is 8.24. The molecule has 0 unspecified atom stereocenters. The number of piperidine rings is 1. The van der Waals surface area contributed by atoms with Crippen molar-refractivity contribution in [3.63, 3.8) is 0 Å². The van der Waals surface area contributed by atoms with Gasteiger partial charge in [0.15, 0.2) is 6.61 Å². The van der Waals surface area contributed by atoms with Crippen LogP contribution in [0.1, 0.15) is 30.9 Å². The number of rotatable bonds is 6. The van der Waals surface area contributed by atoms with Crippen LogP contribution in [0.15, 0.2) is 54.6 Å². The second-order valence-corrected chi connectivity index (χ2v) is 8.24. The Labute approximate surface area is 178 Å². The Morgan fingerprint density at radius 3 is 2.80 bits per heavy atom. The topological polar surface area (TPSA) is 54.5 Å². The summed E-state index contributed by atoms with van der Waals surface area (Å²) in [6, 6.07) is 18.1. The van der Waals surface area contributed by atoms with Gasteiger partial charge in [-0.2, -0.15) is 0 Å². The average Bonchev–Trinajstić information content (AvgIpc) is 2.77. The molecular weight excluding hydrogens is 374 g/mol. The van der Waals surface area contributed by atoms with Crippen LogP contribution >= 0.6 is 0 Å². The van der Waals surface area contributed by atoms with Crippen LogP contribution in [0.2, 0.25) is 0 Å². The molecule has 1 aliphatic heterocycles. The highest BCUT2D eigenvalue weighted by atomic mass is 16.5. The van der Waals surface area contributed by atoms with Crippen LogP contribution in [-0.2, 0) is 11.3 Å². The van der Waals surface area contributed by atoms with Crippen molar-refractivity contribution in [3.8, 4) is 5.75 Å². The molecule has 0 radical (unpaired) electrons. The van der Waals surface area contributed by atoms with E-state index in [1.54, 1.807) is 0 Å². The largest absolute Gasteiger partial charge is 0.481 e. The monoisotopic (exact) mass is 403 g/mol. The minimum absolute atomic E-state index is 0.0301. The Bertz CT molecular complexity index is 1020. The van der Waals surface area contributed by atoms with Gasteiger partial charge < -0.3 is 15.0 Å². The molecule has 1 aliphatic rings. The van der Waals surface area contributed by atoms with Crippen molar-refractivity contribution in [1.82, 2.24) is 10.3 Å². The molecule has 1 aromatic heterocycles. The van der Waals surface area contributed by atoms with E-state index >= 15 is 0 Å². The van der Waals surface area contributed by atoms with Gasteiger partial charge in [-0.3, -0.25) is 4.79 Å². The smallest absolute Gasteiger partial charge is 0.258 e. The SMILES string of the molecule is Cc1ccc(CNC(=O)COc2cccc3ccc(N4CCC[C@@H](C)C4)nc23)cc1. The number of pyridine rings is 1. The third-order valence-corrected chi connectivity index (χ3v) is 5.62. The maximum Gasteiger partial charge on any atom is 0.258 e. The predicted molar refractivity (Wildman–Crippen MR) is 121 cm³/mol. The molecule has 5 heteroatoms. The van der Waals surface area contributed by atoms with E-state index < -0.39 is 0 Å². The van der Waals surface area contributed by atoms with Gasteiger partial charge in [-0.15, -0.1) is 0 Å². The van der Waals surface area contributed by atoms with E-state index in [4.69, 9.17) is 9.72 Å². The first kappa shape index (κ1) is 20.2.